The van der Waals surface area contributed by atoms with E-state index >= 15 is 0 Å². The molecule has 3 atom stereocenters. The van der Waals surface area contributed by atoms with Gasteiger partial charge < -0.3 is 15.4 Å². The third-order valence-corrected chi connectivity index (χ3v) is 5.42. The first-order valence-corrected chi connectivity index (χ1v) is 9.39. The summed E-state index contributed by atoms with van der Waals surface area (Å²) in [5.74, 6) is 0.990. The molecule has 0 unspecified atom stereocenters. The van der Waals surface area contributed by atoms with Gasteiger partial charge in [-0.3, -0.25) is 14.4 Å². The summed E-state index contributed by atoms with van der Waals surface area (Å²) in [5.41, 5.74) is 0.973. The van der Waals surface area contributed by atoms with Crippen LogP contribution in [-0.4, -0.2) is 30.9 Å². The van der Waals surface area contributed by atoms with Crippen LogP contribution in [0.15, 0.2) is 24.3 Å². The van der Waals surface area contributed by atoms with E-state index in [4.69, 9.17) is 4.74 Å². The van der Waals surface area contributed by atoms with Gasteiger partial charge in [-0.2, -0.15) is 0 Å². The van der Waals surface area contributed by atoms with E-state index in [-0.39, 0.29) is 18.5 Å². The van der Waals surface area contributed by atoms with E-state index < -0.39 is 5.91 Å². The zero-order valence-corrected chi connectivity index (χ0v) is 15.1. The first kappa shape index (κ1) is 18.4. The van der Waals surface area contributed by atoms with Crippen molar-refractivity contribution in [2.75, 3.05) is 18.5 Å². The number of carbonyl (C=O) groups excluding carboxylic acids is 3. The maximum absolute atomic E-state index is 12.0. The van der Waals surface area contributed by atoms with Gasteiger partial charge in [0.05, 0.1) is 0 Å². The van der Waals surface area contributed by atoms with E-state index in [1.165, 1.54) is 19.3 Å². The SMILES string of the molecule is CCNC(=O)c1cccc(NC(=O)COC(=O)C[C@@H]2C[C@H]3CC[C@@H]2C3)c1. The molecule has 3 rings (SSSR count). The molecule has 6 heteroatoms. The molecule has 0 saturated heterocycles. The average molecular weight is 358 g/mol. The van der Waals surface area contributed by atoms with Gasteiger partial charge in [-0.1, -0.05) is 12.5 Å². The van der Waals surface area contributed by atoms with Crippen LogP contribution in [0.1, 0.15) is 49.4 Å². The number of amides is 2. The summed E-state index contributed by atoms with van der Waals surface area (Å²) in [6.45, 7) is 2.08. The van der Waals surface area contributed by atoms with Crippen molar-refractivity contribution in [3.8, 4) is 0 Å². The number of carbonyl (C=O) groups is 3. The Labute approximate surface area is 153 Å². The van der Waals surface area contributed by atoms with Crippen molar-refractivity contribution >= 4 is 23.5 Å². The molecule has 26 heavy (non-hydrogen) atoms. The number of anilines is 1. The Morgan fingerprint density at radius 2 is 2.04 bits per heavy atom. The molecule has 0 radical (unpaired) electrons. The molecule has 2 N–H and O–H groups in total. The Morgan fingerprint density at radius 3 is 2.73 bits per heavy atom. The Hall–Kier alpha value is -2.37. The third-order valence-electron chi connectivity index (χ3n) is 5.42. The van der Waals surface area contributed by atoms with E-state index in [1.54, 1.807) is 24.3 Å². The molecule has 2 fully saturated rings. The first-order chi connectivity index (χ1) is 12.5. The van der Waals surface area contributed by atoms with Gasteiger partial charge in [0.15, 0.2) is 6.61 Å². The Kier molecular flexibility index (Phi) is 5.91. The van der Waals surface area contributed by atoms with E-state index in [9.17, 15) is 14.4 Å². The predicted octanol–water partition coefficient (Wildman–Crippen LogP) is 2.74. The molecule has 1 aromatic rings. The van der Waals surface area contributed by atoms with Gasteiger partial charge in [0.1, 0.15) is 0 Å². The van der Waals surface area contributed by atoms with Gasteiger partial charge in [-0.15, -0.1) is 0 Å². The zero-order valence-electron chi connectivity index (χ0n) is 15.1. The van der Waals surface area contributed by atoms with Crippen molar-refractivity contribution in [1.82, 2.24) is 5.32 Å². The fourth-order valence-electron chi connectivity index (χ4n) is 4.24. The minimum absolute atomic E-state index is 0.194. The van der Waals surface area contributed by atoms with E-state index in [0.717, 1.165) is 12.3 Å². The van der Waals surface area contributed by atoms with Crippen LogP contribution in [0.5, 0.6) is 0 Å². The van der Waals surface area contributed by atoms with E-state index in [0.29, 0.717) is 36.1 Å². The number of rotatable bonds is 7. The minimum atomic E-state index is -0.403. The second kappa shape index (κ2) is 8.34. The van der Waals surface area contributed by atoms with Gasteiger partial charge in [0, 0.05) is 24.2 Å². The highest BCUT2D eigenvalue weighted by Crippen LogP contribution is 2.49. The molecule has 2 aliphatic rings. The van der Waals surface area contributed by atoms with E-state index in [1.807, 2.05) is 6.92 Å². The van der Waals surface area contributed by atoms with Crippen LogP contribution >= 0.6 is 0 Å². The second-order valence-electron chi connectivity index (χ2n) is 7.29. The van der Waals surface area contributed by atoms with Gasteiger partial charge in [0.2, 0.25) is 0 Å². The summed E-state index contributed by atoms with van der Waals surface area (Å²) in [6.07, 6.45) is 5.32. The first-order valence-electron chi connectivity index (χ1n) is 9.39. The van der Waals surface area contributed by atoms with Crippen molar-refractivity contribution in [2.24, 2.45) is 17.8 Å². The maximum atomic E-state index is 12.0. The van der Waals surface area contributed by atoms with Crippen LogP contribution in [0.4, 0.5) is 5.69 Å². The third kappa shape index (κ3) is 4.62. The van der Waals surface area contributed by atoms with Gasteiger partial charge in [-0.05, 0) is 62.1 Å². The van der Waals surface area contributed by atoms with E-state index in [2.05, 4.69) is 10.6 Å². The second-order valence-corrected chi connectivity index (χ2v) is 7.29. The molecular weight excluding hydrogens is 332 g/mol. The molecule has 0 aromatic heterocycles. The number of fused-ring (bicyclic) bond motifs is 2. The van der Waals surface area contributed by atoms with Crippen LogP contribution in [0.25, 0.3) is 0 Å². The number of nitrogens with one attached hydrogen (secondary N) is 2. The van der Waals surface area contributed by atoms with Crippen LogP contribution < -0.4 is 10.6 Å². The Balaban J connectivity index is 1.43. The molecular formula is C20H26N2O4. The predicted molar refractivity (Wildman–Crippen MR) is 97.6 cm³/mol. The summed E-state index contributed by atoms with van der Waals surface area (Å²) in [5, 5.41) is 5.37. The maximum Gasteiger partial charge on any atom is 0.306 e. The summed E-state index contributed by atoms with van der Waals surface area (Å²) in [6, 6.07) is 6.66. The topological polar surface area (TPSA) is 84.5 Å². The summed E-state index contributed by atoms with van der Waals surface area (Å²) in [7, 11) is 0. The minimum Gasteiger partial charge on any atom is -0.456 e. The molecule has 0 aliphatic heterocycles. The lowest BCUT2D eigenvalue weighted by Crippen LogP contribution is -2.24. The number of benzene rings is 1. The number of hydrogen-bond acceptors (Lipinski definition) is 4. The van der Waals surface area contributed by atoms with Crippen molar-refractivity contribution < 1.29 is 19.1 Å². The van der Waals surface area contributed by atoms with Gasteiger partial charge >= 0.3 is 5.97 Å². The number of ether oxygens (including phenoxy) is 1. The van der Waals surface area contributed by atoms with Gasteiger partial charge in [0.25, 0.3) is 11.8 Å². The molecule has 2 aliphatic carbocycles. The van der Waals surface area contributed by atoms with Crippen molar-refractivity contribution in [3.05, 3.63) is 29.8 Å². The van der Waals surface area contributed by atoms with Crippen molar-refractivity contribution in [2.45, 2.75) is 39.0 Å². The summed E-state index contributed by atoms with van der Waals surface area (Å²) < 4.78 is 5.13. The van der Waals surface area contributed by atoms with Crippen LogP contribution in [0.3, 0.4) is 0 Å². The molecule has 2 saturated carbocycles. The van der Waals surface area contributed by atoms with Crippen molar-refractivity contribution in [1.29, 1.82) is 0 Å². The molecule has 6 nitrogen and oxygen atoms in total. The quantitative estimate of drug-likeness (QED) is 0.734. The molecule has 140 valence electrons. The number of hydrogen-bond donors (Lipinski definition) is 2. The number of esters is 1. The summed E-state index contributed by atoms with van der Waals surface area (Å²) in [4.78, 5) is 35.8. The monoisotopic (exact) mass is 358 g/mol. The highest BCUT2D eigenvalue weighted by molar-refractivity contribution is 5.97. The van der Waals surface area contributed by atoms with Crippen LogP contribution in [0, 0.1) is 17.8 Å². The lowest BCUT2D eigenvalue weighted by Gasteiger charge is -2.20. The van der Waals surface area contributed by atoms with Crippen LogP contribution in [0.2, 0.25) is 0 Å². The molecule has 0 spiro atoms. The summed E-state index contributed by atoms with van der Waals surface area (Å²) >= 11 is 0. The van der Waals surface area contributed by atoms with Crippen molar-refractivity contribution in [3.63, 3.8) is 0 Å². The fourth-order valence-corrected chi connectivity index (χ4v) is 4.24. The molecule has 2 bridgehead atoms. The smallest absolute Gasteiger partial charge is 0.306 e. The molecule has 1 aromatic carbocycles. The van der Waals surface area contributed by atoms with Crippen LogP contribution in [-0.2, 0) is 14.3 Å². The standard InChI is InChI=1S/C20H26N2O4/c1-2-21-20(25)15-4-3-5-17(10-15)22-18(23)12-26-19(24)11-16-9-13-6-7-14(16)8-13/h3-5,10,13-14,16H,2,6-9,11-12H2,1H3,(H,21,25)(H,22,23)/t13-,14+,16-/m0/s1. The van der Waals surface area contributed by atoms with Gasteiger partial charge in [-0.25, -0.2) is 0 Å². The average Bonchev–Trinajstić information content (AvgIpc) is 3.23. The Bertz CT molecular complexity index is 688. The molecule has 2 amide bonds. The largest absolute Gasteiger partial charge is 0.456 e. The Morgan fingerprint density at radius 1 is 1.19 bits per heavy atom. The molecule has 0 heterocycles. The lowest BCUT2D eigenvalue weighted by molar-refractivity contribution is -0.148. The zero-order chi connectivity index (χ0) is 18.5. The highest BCUT2D eigenvalue weighted by atomic mass is 16.5. The fraction of sp³-hybridized carbons (Fsp3) is 0.550. The highest BCUT2D eigenvalue weighted by Gasteiger charge is 2.40. The lowest BCUT2D eigenvalue weighted by atomic mass is 9.86. The normalized spacial score (nSPS) is 23.5.